The minimum absolute atomic E-state index is 0.0940. The molecule has 0 unspecified atom stereocenters. The lowest BCUT2D eigenvalue weighted by Crippen LogP contribution is -2.45. The first-order chi connectivity index (χ1) is 11.0. The Hall–Kier alpha value is -1.46. The molecule has 0 aromatic heterocycles. The maximum Gasteiger partial charge on any atom is 0.244 e. The van der Waals surface area contributed by atoms with E-state index in [9.17, 15) is 9.18 Å². The van der Waals surface area contributed by atoms with Crippen LogP contribution >= 0.6 is 0 Å². The molecule has 1 aromatic carbocycles. The van der Waals surface area contributed by atoms with Crippen LogP contribution in [0, 0.1) is 11.7 Å². The van der Waals surface area contributed by atoms with Crippen LogP contribution in [0.25, 0.3) is 0 Å². The number of nitrogens with zero attached hydrogens (tertiary/aromatic N) is 2. The van der Waals surface area contributed by atoms with E-state index in [0.29, 0.717) is 5.92 Å². The fourth-order valence-electron chi connectivity index (χ4n) is 3.08. The molecule has 0 spiro atoms. The Bertz CT molecular complexity index is 496. The van der Waals surface area contributed by atoms with Gasteiger partial charge in [-0.15, -0.1) is 0 Å². The fourth-order valence-corrected chi connectivity index (χ4v) is 3.08. The SMILES string of the molecule is CCOCC1CCN(C(=O)[C@H](c2ccc(F)cc2)N(C)C)CC1. The van der Waals surface area contributed by atoms with Gasteiger partial charge < -0.3 is 9.64 Å². The van der Waals surface area contributed by atoms with Crippen LogP contribution in [0.1, 0.15) is 31.4 Å². The van der Waals surface area contributed by atoms with Gasteiger partial charge in [0, 0.05) is 26.3 Å². The molecule has 1 atom stereocenters. The Labute approximate surface area is 138 Å². The number of likely N-dealkylation sites (tertiary alicyclic amines) is 1. The predicted octanol–water partition coefficient (Wildman–Crippen LogP) is 2.70. The number of amides is 1. The highest BCUT2D eigenvalue weighted by Gasteiger charge is 2.30. The standard InChI is InChI=1S/C18H27FN2O2/c1-4-23-13-14-9-11-21(12-10-14)18(22)17(20(2)3)15-5-7-16(19)8-6-15/h5-8,14,17H,4,9-13H2,1-3H3/t17-/m0/s1. The smallest absolute Gasteiger partial charge is 0.244 e. The van der Waals surface area contributed by atoms with E-state index in [1.807, 2.05) is 30.8 Å². The second kappa shape index (κ2) is 8.41. The molecule has 1 fully saturated rings. The van der Waals surface area contributed by atoms with Crippen molar-refractivity contribution in [2.24, 2.45) is 5.92 Å². The summed E-state index contributed by atoms with van der Waals surface area (Å²) in [6, 6.07) is 5.85. The van der Waals surface area contributed by atoms with Crippen molar-refractivity contribution in [2.45, 2.75) is 25.8 Å². The third kappa shape index (κ3) is 4.75. The molecule has 128 valence electrons. The van der Waals surface area contributed by atoms with E-state index in [4.69, 9.17) is 4.74 Å². The van der Waals surface area contributed by atoms with Gasteiger partial charge in [-0.05, 0) is 57.5 Å². The molecule has 1 heterocycles. The Morgan fingerprint density at radius 2 is 1.91 bits per heavy atom. The molecule has 0 aliphatic carbocycles. The molecule has 0 radical (unpaired) electrons. The average molecular weight is 322 g/mol. The number of halogens is 1. The first-order valence-corrected chi connectivity index (χ1v) is 8.31. The van der Waals surface area contributed by atoms with Gasteiger partial charge in [0.15, 0.2) is 0 Å². The number of hydrogen-bond acceptors (Lipinski definition) is 3. The van der Waals surface area contributed by atoms with Gasteiger partial charge in [0.1, 0.15) is 11.9 Å². The molecule has 1 aromatic rings. The van der Waals surface area contributed by atoms with Crippen molar-refractivity contribution in [3.05, 3.63) is 35.6 Å². The van der Waals surface area contributed by atoms with Crippen LogP contribution in [-0.4, -0.2) is 56.1 Å². The minimum atomic E-state index is -0.362. The lowest BCUT2D eigenvalue weighted by Gasteiger charge is -2.36. The number of hydrogen-bond donors (Lipinski definition) is 0. The average Bonchev–Trinajstić information content (AvgIpc) is 2.55. The predicted molar refractivity (Wildman–Crippen MR) is 88.6 cm³/mol. The number of likely N-dealkylation sites (N-methyl/N-ethyl adjacent to an activating group) is 1. The molecule has 0 bridgehead atoms. The first kappa shape index (κ1) is 17.9. The zero-order valence-electron chi connectivity index (χ0n) is 14.3. The summed E-state index contributed by atoms with van der Waals surface area (Å²) in [5.74, 6) is 0.356. The van der Waals surface area contributed by atoms with E-state index < -0.39 is 0 Å². The van der Waals surface area contributed by atoms with E-state index in [2.05, 4.69) is 0 Å². The second-order valence-electron chi connectivity index (χ2n) is 6.35. The topological polar surface area (TPSA) is 32.8 Å². The Morgan fingerprint density at radius 3 is 2.43 bits per heavy atom. The summed E-state index contributed by atoms with van der Waals surface area (Å²) in [5.41, 5.74) is 0.831. The summed E-state index contributed by atoms with van der Waals surface area (Å²) in [6.07, 6.45) is 1.96. The Kier molecular flexibility index (Phi) is 6.54. The van der Waals surface area contributed by atoms with Gasteiger partial charge in [0.2, 0.25) is 5.91 Å². The first-order valence-electron chi connectivity index (χ1n) is 8.31. The van der Waals surface area contributed by atoms with Gasteiger partial charge in [0.05, 0.1) is 0 Å². The van der Waals surface area contributed by atoms with Crippen molar-refractivity contribution >= 4 is 5.91 Å². The maximum atomic E-state index is 13.1. The van der Waals surface area contributed by atoms with Crippen LogP contribution in [0.4, 0.5) is 4.39 Å². The molecule has 4 nitrogen and oxygen atoms in total. The van der Waals surface area contributed by atoms with E-state index in [1.165, 1.54) is 12.1 Å². The van der Waals surface area contributed by atoms with Gasteiger partial charge in [-0.25, -0.2) is 4.39 Å². The van der Waals surface area contributed by atoms with Gasteiger partial charge in [-0.3, -0.25) is 9.69 Å². The molecule has 1 amide bonds. The lowest BCUT2D eigenvalue weighted by atomic mass is 9.96. The lowest BCUT2D eigenvalue weighted by molar-refractivity contribution is -0.138. The molecule has 1 aliphatic rings. The molecular weight excluding hydrogens is 295 g/mol. The van der Waals surface area contributed by atoms with Crippen LogP contribution in [0.2, 0.25) is 0 Å². The van der Waals surface area contributed by atoms with Crippen molar-refractivity contribution in [2.75, 3.05) is 40.4 Å². The van der Waals surface area contributed by atoms with Gasteiger partial charge in [-0.2, -0.15) is 0 Å². The Balaban J connectivity index is 2.01. The van der Waals surface area contributed by atoms with Crippen molar-refractivity contribution in [3.8, 4) is 0 Å². The highest BCUT2D eigenvalue weighted by Crippen LogP contribution is 2.25. The zero-order valence-corrected chi connectivity index (χ0v) is 14.3. The molecule has 2 rings (SSSR count). The number of carbonyl (C=O) groups is 1. The van der Waals surface area contributed by atoms with Crippen LogP contribution in [0.15, 0.2) is 24.3 Å². The van der Waals surface area contributed by atoms with Gasteiger partial charge in [0.25, 0.3) is 0 Å². The molecule has 5 heteroatoms. The fraction of sp³-hybridized carbons (Fsp3) is 0.611. The normalized spacial score (nSPS) is 17.5. The monoisotopic (exact) mass is 322 g/mol. The molecule has 0 N–H and O–H groups in total. The van der Waals surface area contributed by atoms with Crippen molar-refractivity contribution < 1.29 is 13.9 Å². The molecule has 0 saturated carbocycles. The summed E-state index contributed by atoms with van der Waals surface area (Å²) in [4.78, 5) is 16.7. The third-order valence-corrected chi connectivity index (χ3v) is 4.42. The largest absolute Gasteiger partial charge is 0.381 e. The van der Waals surface area contributed by atoms with E-state index in [0.717, 1.165) is 44.7 Å². The van der Waals surface area contributed by atoms with Crippen LogP contribution in [0.3, 0.4) is 0 Å². The number of benzene rings is 1. The molecular formula is C18H27FN2O2. The molecule has 1 aliphatic heterocycles. The van der Waals surface area contributed by atoms with Gasteiger partial charge in [-0.1, -0.05) is 12.1 Å². The highest BCUT2D eigenvalue weighted by atomic mass is 19.1. The second-order valence-corrected chi connectivity index (χ2v) is 6.35. The molecule has 23 heavy (non-hydrogen) atoms. The van der Waals surface area contributed by atoms with Crippen molar-refractivity contribution in [1.82, 2.24) is 9.80 Å². The highest BCUT2D eigenvalue weighted by molar-refractivity contribution is 5.83. The van der Waals surface area contributed by atoms with Crippen molar-refractivity contribution in [3.63, 3.8) is 0 Å². The van der Waals surface area contributed by atoms with Crippen LogP contribution < -0.4 is 0 Å². The Morgan fingerprint density at radius 1 is 1.30 bits per heavy atom. The minimum Gasteiger partial charge on any atom is -0.381 e. The third-order valence-electron chi connectivity index (χ3n) is 4.42. The summed E-state index contributed by atoms with van der Waals surface area (Å²) in [5, 5.41) is 0. The summed E-state index contributed by atoms with van der Waals surface area (Å²) in [6.45, 7) is 5.06. The molecule has 1 saturated heterocycles. The number of piperidine rings is 1. The van der Waals surface area contributed by atoms with E-state index in [-0.39, 0.29) is 17.8 Å². The van der Waals surface area contributed by atoms with Crippen LogP contribution in [0.5, 0.6) is 0 Å². The zero-order chi connectivity index (χ0) is 16.8. The summed E-state index contributed by atoms with van der Waals surface area (Å²) < 4.78 is 18.6. The quantitative estimate of drug-likeness (QED) is 0.807. The summed E-state index contributed by atoms with van der Waals surface area (Å²) >= 11 is 0. The summed E-state index contributed by atoms with van der Waals surface area (Å²) in [7, 11) is 3.77. The number of rotatable bonds is 6. The van der Waals surface area contributed by atoms with E-state index in [1.54, 1.807) is 12.1 Å². The van der Waals surface area contributed by atoms with Gasteiger partial charge >= 0.3 is 0 Å². The van der Waals surface area contributed by atoms with E-state index >= 15 is 0 Å². The number of ether oxygens (including phenoxy) is 1. The van der Waals surface area contributed by atoms with Crippen molar-refractivity contribution in [1.29, 1.82) is 0 Å². The van der Waals surface area contributed by atoms with Crippen LogP contribution in [-0.2, 0) is 9.53 Å². The number of carbonyl (C=O) groups excluding carboxylic acids is 1. The maximum absolute atomic E-state index is 13.1.